The van der Waals surface area contributed by atoms with Crippen molar-refractivity contribution in [3.05, 3.63) is 40.9 Å². The van der Waals surface area contributed by atoms with Gasteiger partial charge >= 0.3 is 0 Å². The van der Waals surface area contributed by atoms with Gasteiger partial charge in [0.05, 0.1) is 37.0 Å². The molecule has 0 saturated carbocycles. The van der Waals surface area contributed by atoms with E-state index in [4.69, 9.17) is 26.2 Å². The molecule has 2 aromatic rings. The van der Waals surface area contributed by atoms with Crippen molar-refractivity contribution in [1.82, 2.24) is 9.55 Å². The lowest BCUT2D eigenvalue weighted by Gasteiger charge is -2.13. The Bertz CT molecular complexity index is 569. The maximum Gasteiger partial charge on any atom is 0.180 e. The van der Waals surface area contributed by atoms with E-state index in [1.54, 1.807) is 24.7 Å². The SMILES string of the molecule is COc1cc(CO)cc(Cl)c1OCc1cncn1C. The highest BCUT2D eigenvalue weighted by molar-refractivity contribution is 6.32. The second-order valence-corrected chi connectivity index (χ2v) is 4.46. The lowest BCUT2D eigenvalue weighted by atomic mass is 10.2. The van der Waals surface area contributed by atoms with Crippen LogP contribution in [0.15, 0.2) is 24.7 Å². The van der Waals surface area contributed by atoms with Crippen LogP contribution in [-0.2, 0) is 20.3 Å². The summed E-state index contributed by atoms with van der Waals surface area (Å²) in [5, 5.41) is 9.53. The molecule has 1 aromatic carbocycles. The Morgan fingerprint density at radius 2 is 2.21 bits per heavy atom. The van der Waals surface area contributed by atoms with E-state index < -0.39 is 0 Å². The quantitative estimate of drug-likeness (QED) is 0.913. The van der Waals surface area contributed by atoms with Crippen molar-refractivity contribution in [2.45, 2.75) is 13.2 Å². The van der Waals surface area contributed by atoms with Gasteiger partial charge in [-0.15, -0.1) is 0 Å². The summed E-state index contributed by atoms with van der Waals surface area (Å²) < 4.78 is 12.8. The number of aliphatic hydroxyl groups is 1. The van der Waals surface area contributed by atoms with Crippen LogP contribution >= 0.6 is 11.6 Å². The van der Waals surface area contributed by atoms with Gasteiger partial charge in [-0.1, -0.05) is 11.6 Å². The molecular weight excluding hydrogens is 268 g/mol. The number of aliphatic hydroxyl groups excluding tert-OH is 1. The maximum absolute atomic E-state index is 9.12. The number of aromatic nitrogens is 2. The molecule has 5 nitrogen and oxygen atoms in total. The molecular formula is C13H15ClN2O3. The van der Waals surface area contributed by atoms with Crippen LogP contribution in [0.4, 0.5) is 0 Å². The topological polar surface area (TPSA) is 56.5 Å². The van der Waals surface area contributed by atoms with E-state index in [2.05, 4.69) is 4.98 Å². The molecule has 0 atom stereocenters. The fourth-order valence-electron chi connectivity index (χ4n) is 1.67. The third-order valence-electron chi connectivity index (χ3n) is 2.75. The number of ether oxygens (including phenoxy) is 2. The van der Waals surface area contributed by atoms with Crippen LogP contribution in [0.25, 0.3) is 0 Å². The number of aryl methyl sites for hydroxylation is 1. The van der Waals surface area contributed by atoms with Gasteiger partial charge in [-0.25, -0.2) is 4.98 Å². The van der Waals surface area contributed by atoms with Gasteiger partial charge in [-0.2, -0.15) is 0 Å². The molecule has 0 spiro atoms. The second kappa shape index (κ2) is 5.95. The van der Waals surface area contributed by atoms with E-state index in [1.807, 2.05) is 11.6 Å². The number of hydrogen-bond donors (Lipinski definition) is 1. The van der Waals surface area contributed by atoms with Gasteiger partial charge in [0.25, 0.3) is 0 Å². The average molecular weight is 283 g/mol. The van der Waals surface area contributed by atoms with Crippen molar-refractivity contribution in [3.8, 4) is 11.5 Å². The Morgan fingerprint density at radius 3 is 2.79 bits per heavy atom. The molecule has 0 aliphatic heterocycles. The fraction of sp³-hybridized carbons (Fsp3) is 0.308. The predicted octanol–water partition coefficient (Wildman–Crippen LogP) is 2.15. The first-order valence-corrected chi connectivity index (χ1v) is 6.08. The van der Waals surface area contributed by atoms with Crippen LogP contribution in [-0.4, -0.2) is 21.8 Å². The minimum atomic E-state index is -0.0991. The molecule has 0 fully saturated rings. The molecule has 0 aliphatic rings. The zero-order valence-corrected chi connectivity index (χ0v) is 11.5. The van der Waals surface area contributed by atoms with Gasteiger partial charge in [0.2, 0.25) is 0 Å². The number of halogens is 1. The maximum atomic E-state index is 9.12. The number of benzene rings is 1. The normalized spacial score (nSPS) is 10.5. The number of rotatable bonds is 5. The van der Waals surface area contributed by atoms with Crippen LogP contribution in [0.5, 0.6) is 11.5 Å². The highest BCUT2D eigenvalue weighted by Crippen LogP contribution is 2.36. The van der Waals surface area contributed by atoms with Crippen LogP contribution in [0.2, 0.25) is 5.02 Å². The van der Waals surface area contributed by atoms with E-state index in [0.717, 1.165) is 5.69 Å². The highest BCUT2D eigenvalue weighted by Gasteiger charge is 2.12. The van der Waals surface area contributed by atoms with Crippen LogP contribution in [0, 0.1) is 0 Å². The van der Waals surface area contributed by atoms with Gasteiger partial charge in [-0.05, 0) is 17.7 Å². The summed E-state index contributed by atoms with van der Waals surface area (Å²) in [7, 11) is 3.42. The Labute approximate surface area is 116 Å². The lowest BCUT2D eigenvalue weighted by molar-refractivity contribution is 0.271. The average Bonchev–Trinajstić information content (AvgIpc) is 2.82. The molecule has 0 amide bonds. The van der Waals surface area contributed by atoms with E-state index in [9.17, 15) is 0 Å². The summed E-state index contributed by atoms with van der Waals surface area (Å²) in [6.07, 6.45) is 3.43. The van der Waals surface area contributed by atoms with E-state index in [1.165, 1.54) is 7.11 Å². The van der Waals surface area contributed by atoms with Gasteiger partial charge in [0.1, 0.15) is 6.61 Å². The number of methoxy groups -OCH3 is 1. The first-order valence-electron chi connectivity index (χ1n) is 5.71. The first-order chi connectivity index (χ1) is 9.15. The third kappa shape index (κ3) is 3.00. The molecule has 19 heavy (non-hydrogen) atoms. The summed E-state index contributed by atoms with van der Waals surface area (Å²) in [5.41, 5.74) is 1.60. The van der Waals surface area contributed by atoms with E-state index in [0.29, 0.717) is 28.7 Å². The van der Waals surface area contributed by atoms with Crippen LogP contribution in [0.1, 0.15) is 11.3 Å². The highest BCUT2D eigenvalue weighted by atomic mass is 35.5. The molecule has 102 valence electrons. The zero-order valence-electron chi connectivity index (χ0n) is 10.8. The molecule has 6 heteroatoms. The number of nitrogens with zero attached hydrogens (tertiary/aromatic N) is 2. The molecule has 1 N–H and O–H groups in total. The van der Waals surface area contributed by atoms with Gasteiger partial charge in [-0.3, -0.25) is 0 Å². The smallest absolute Gasteiger partial charge is 0.180 e. The fourth-order valence-corrected chi connectivity index (χ4v) is 1.96. The monoisotopic (exact) mass is 282 g/mol. The van der Waals surface area contributed by atoms with Gasteiger partial charge < -0.3 is 19.1 Å². The molecule has 1 heterocycles. The molecule has 0 saturated heterocycles. The molecule has 0 aliphatic carbocycles. The second-order valence-electron chi connectivity index (χ2n) is 4.05. The lowest BCUT2D eigenvalue weighted by Crippen LogP contribution is -2.03. The Hall–Kier alpha value is -1.72. The first kappa shape index (κ1) is 13.7. The zero-order chi connectivity index (χ0) is 13.8. The van der Waals surface area contributed by atoms with Gasteiger partial charge in [0.15, 0.2) is 11.5 Å². The summed E-state index contributed by atoms with van der Waals surface area (Å²) in [5.74, 6) is 0.960. The predicted molar refractivity (Wildman–Crippen MR) is 71.5 cm³/mol. The van der Waals surface area contributed by atoms with Crippen molar-refractivity contribution in [3.63, 3.8) is 0 Å². The van der Waals surface area contributed by atoms with E-state index >= 15 is 0 Å². The van der Waals surface area contributed by atoms with Crippen LogP contribution in [0.3, 0.4) is 0 Å². The summed E-state index contributed by atoms with van der Waals surface area (Å²) in [4.78, 5) is 4.01. The van der Waals surface area contributed by atoms with Crippen molar-refractivity contribution in [2.24, 2.45) is 7.05 Å². The summed E-state index contributed by atoms with van der Waals surface area (Å²) >= 11 is 6.13. The molecule has 1 aromatic heterocycles. The summed E-state index contributed by atoms with van der Waals surface area (Å²) in [6.45, 7) is 0.239. The van der Waals surface area contributed by atoms with E-state index in [-0.39, 0.29) is 6.61 Å². The Kier molecular flexibility index (Phi) is 4.29. The largest absolute Gasteiger partial charge is 0.493 e. The van der Waals surface area contributed by atoms with Crippen LogP contribution < -0.4 is 9.47 Å². The number of hydrogen-bond acceptors (Lipinski definition) is 4. The minimum absolute atomic E-state index is 0.0991. The van der Waals surface area contributed by atoms with Crippen molar-refractivity contribution >= 4 is 11.6 Å². The van der Waals surface area contributed by atoms with Gasteiger partial charge in [0, 0.05) is 7.05 Å². The van der Waals surface area contributed by atoms with Crippen molar-refractivity contribution in [1.29, 1.82) is 0 Å². The molecule has 0 unspecified atom stereocenters. The Balaban J connectivity index is 2.22. The molecule has 2 rings (SSSR count). The molecule has 0 bridgehead atoms. The Morgan fingerprint density at radius 1 is 1.42 bits per heavy atom. The molecule has 0 radical (unpaired) electrons. The van der Waals surface area contributed by atoms with Crippen molar-refractivity contribution < 1.29 is 14.6 Å². The summed E-state index contributed by atoms with van der Waals surface area (Å²) in [6, 6.07) is 3.35. The minimum Gasteiger partial charge on any atom is -0.493 e. The standard InChI is InChI=1S/C13H15ClN2O3/c1-16-8-15-5-10(16)7-19-13-11(14)3-9(6-17)4-12(13)18-2/h3-5,8,17H,6-7H2,1-2H3. The third-order valence-corrected chi connectivity index (χ3v) is 3.03. The van der Waals surface area contributed by atoms with Crippen molar-refractivity contribution in [2.75, 3.05) is 7.11 Å². The number of imidazole rings is 1.